The van der Waals surface area contributed by atoms with E-state index in [1.807, 2.05) is 30.3 Å². The van der Waals surface area contributed by atoms with Gasteiger partial charge >= 0.3 is 6.18 Å². The molecule has 4 aromatic rings. The molecule has 2 aliphatic heterocycles. The number of aromatic nitrogens is 1. The van der Waals surface area contributed by atoms with Crippen molar-refractivity contribution in [2.24, 2.45) is 0 Å². The zero-order chi connectivity index (χ0) is 37.5. The van der Waals surface area contributed by atoms with Crippen molar-refractivity contribution in [2.45, 2.75) is 93.7 Å². The standard InChI is InChI=1S/C41H47F3N4O4S/c1-4-52-35-25-34-32(24-36(35)53(50,51)27(2)3)37(39(49)46-40(17-18-40)29-12-6-5-7-13-29)33(26-47-21-15-31(16-22-47)48-19-8-9-20-48)38(45-34)28-11-10-14-30(23-28)41(42,43)44/h5-7,10-14,23-25,27,31H,4,8-9,15-22,26H2,1-3H3,(H,46,49). The van der Waals surface area contributed by atoms with Crippen LogP contribution in [0.4, 0.5) is 13.2 Å². The topological polar surface area (TPSA) is 91.8 Å². The first kappa shape index (κ1) is 37.3. The Labute approximate surface area is 309 Å². The summed E-state index contributed by atoms with van der Waals surface area (Å²) in [5, 5.41) is 2.83. The summed E-state index contributed by atoms with van der Waals surface area (Å²) in [6.45, 7) is 9.02. The maximum atomic E-state index is 15.0. The molecule has 12 heteroatoms. The number of amides is 1. The second kappa shape index (κ2) is 14.7. The smallest absolute Gasteiger partial charge is 0.416 e. The van der Waals surface area contributed by atoms with Gasteiger partial charge in [0.2, 0.25) is 0 Å². The van der Waals surface area contributed by atoms with Crippen LogP contribution in [0.25, 0.3) is 22.2 Å². The highest BCUT2D eigenvalue weighted by molar-refractivity contribution is 7.92. The number of likely N-dealkylation sites (tertiary alicyclic amines) is 2. The van der Waals surface area contributed by atoms with Gasteiger partial charge in [0.15, 0.2) is 9.84 Å². The van der Waals surface area contributed by atoms with E-state index in [2.05, 4.69) is 15.1 Å². The molecule has 2 saturated heterocycles. The number of piperidine rings is 1. The Morgan fingerprint density at radius 3 is 2.30 bits per heavy atom. The second-order valence-electron chi connectivity index (χ2n) is 14.9. The number of carbonyl (C=O) groups is 1. The van der Waals surface area contributed by atoms with Crippen LogP contribution < -0.4 is 10.1 Å². The summed E-state index contributed by atoms with van der Waals surface area (Å²) in [5.41, 5.74) is 0.930. The molecule has 3 fully saturated rings. The normalized spacial score (nSPS) is 18.5. The fourth-order valence-electron chi connectivity index (χ4n) is 7.97. The van der Waals surface area contributed by atoms with Crippen LogP contribution in [0.5, 0.6) is 5.75 Å². The number of pyridine rings is 1. The number of ether oxygens (including phenoxy) is 1. The number of rotatable bonds is 11. The van der Waals surface area contributed by atoms with Gasteiger partial charge < -0.3 is 15.0 Å². The number of fused-ring (bicyclic) bond motifs is 1. The summed E-state index contributed by atoms with van der Waals surface area (Å²) in [7, 11) is -3.89. The third-order valence-corrected chi connectivity index (χ3v) is 13.3. The van der Waals surface area contributed by atoms with Crippen LogP contribution in [0, 0.1) is 0 Å². The van der Waals surface area contributed by atoms with Crippen molar-refractivity contribution in [1.29, 1.82) is 0 Å². The average molecular weight is 749 g/mol. The summed E-state index contributed by atoms with van der Waals surface area (Å²) in [5.74, 6) is -0.340. The fraction of sp³-hybridized carbons (Fsp3) is 0.463. The molecule has 3 heterocycles. The van der Waals surface area contributed by atoms with Gasteiger partial charge in [-0.15, -0.1) is 0 Å². The minimum atomic E-state index is -4.60. The van der Waals surface area contributed by atoms with E-state index in [0.717, 1.165) is 56.7 Å². The first-order valence-corrected chi connectivity index (χ1v) is 20.2. The zero-order valence-electron chi connectivity index (χ0n) is 30.5. The molecule has 7 rings (SSSR count). The predicted molar refractivity (Wildman–Crippen MR) is 200 cm³/mol. The molecule has 0 unspecified atom stereocenters. The van der Waals surface area contributed by atoms with E-state index in [-0.39, 0.29) is 46.1 Å². The molecule has 0 atom stereocenters. The van der Waals surface area contributed by atoms with E-state index in [0.29, 0.717) is 29.8 Å². The number of sulfone groups is 1. The van der Waals surface area contributed by atoms with Crippen LogP contribution in [0.15, 0.2) is 71.6 Å². The lowest BCUT2D eigenvalue weighted by Gasteiger charge is -2.37. The van der Waals surface area contributed by atoms with Gasteiger partial charge in [0.05, 0.1) is 39.7 Å². The van der Waals surface area contributed by atoms with Gasteiger partial charge in [-0.1, -0.05) is 42.5 Å². The van der Waals surface area contributed by atoms with Crippen molar-refractivity contribution >= 4 is 26.6 Å². The van der Waals surface area contributed by atoms with Gasteiger partial charge in [-0.3, -0.25) is 9.69 Å². The molecule has 282 valence electrons. The number of halogens is 3. The summed E-state index contributed by atoms with van der Waals surface area (Å²) in [4.78, 5) is 24.7. The molecule has 53 heavy (non-hydrogen) atoms. The molecule has 1 N–H and O–H groups in total. The van der Waals surface area contributed by atoms with Crippen LogP contribution in [0.2, 0.25) is 0 Å². The molecular weight excluding hydrogens is 702 g/mol. The Kier molecular flexibility index (Phi) is 10.3. The minimum absolute atomic E-state index is 0.0499. The number of hydrogen-bond donors (Lipinski definition) is 1. The SMILES string of the molecule is CCOc1cc2nc(-c3cccc(C(F)(F)F)c3)c(CN3CCC(N4CCCC4)CC3)c(C(=O)NC3(c4ccccc4)CC3)c2cc1S(=O)(=O)C(C)C. The Morgan fingerprint density at radius 1 is 0.981 bits per heavy atom. The van der Waals surface area contributed by atoms with Gasteiger partial charge in [-0.25, -0.2) is 13.4 Å². The highest BCUT2D eigenvalue weighted by Gasteiger charge is 2.46. The fourth-order valence-corrected chi connectivity index (χ4v) is 9.16. The van der Waals surface area contributed by atoms with Crippen LogP contribution in [0.1, 0.15) is 86.3 Å². The largest absolute Gasteiger partial charge is 0.492 e. The Hall–Kier alpha value is -4.00. The molecule has 1 amide bonds. The van der Waals surface area contributed by atoms with E-state index in [9.17, 15) is 26.4 Å². The molecule has 3 aromatic carbocycles. The van der Waals surface area contributed by atoms with Gasteiger partial charge in [-0.05, 0) is 109 Å². The molecule has 0 radical (unpaired) electrons. The van der Waals surface area contributed by atoms with Crippen molar-refractivity contribution in [3.63, 3.8) is 0 Å². The predicted octanol–water partition coefficient (Wildman–Crippen LogP) is 7.98. The van der Waals surface area contributed by atoms with Gasteiger partial charge in [0, 0.05) is 35.2 Å². The van der Waals surface area contributed by atoms with Crippen molar-refractivity contribution < 1.29 is 31.1 Å². The van der Waals surface area contributed by atoms with E-state index in [1.54, 1.807) is 26.8 Å². The summed E-state index contributed by atoms with van der Waals surface area (Å²) < 4.78 is 75.9. The molecule has 0 bridgehead atoms. The number of hydrogen-bond acceptors (Lipinski definition) is 7. The highest BCUT2D eigenvalue weighted by Crippen LogP contribution is 2.46. The van der Waals surface area contributed by atoms with Crippen LogP contribution >= 0.6 is 0 Å². The third-order valence-electron chi connectivity index (χ3n) is 11.1. The third kappa shape index (κ3) is 7.55. The van der Waals surface area contributed by atoms with Crippen molar-refractivity contribution in [1.82, 2.24) is 20.1 Å². The minimum Gasteiger partial charge on any atom is -0.492 e. The van der Waals surface area contributed by atoms with Crippen LogP contribution in [-0.4, -0.2) is 73.2 Å². The maximum absolute atomic E-state index is 15.0. The summed E-state index contributed by atoms with van der Waals surface area (Å²) in [6, 6.07) is 18.2. The lowest BCUT2D eigenvalue weighted by Crippen LogP contribution is -2.43. The highest BCUT2D eigenvalue weighted by atomic mass is 32.2. The quantitative estimate of drug-likeness (QED) is 0.166. The molecule has 8 nitrogen and oxygen atoms in total. The first-order chi connectivity index (χ1) is 25.3. The van der Waals surface area contributed by atoms with Crippen molar-refractivity contribution in [3.05, 3.63) is 89.0 Å². The average Bonchev–Trinajstić information content (AvgIpc) is 3.71. The van der Waals surface area contributed by atoms with Crippen molar-refractivity contribution in [3.8, 4) is 17.0 Å². The van der Waals surface area contributed by atoms with Crippen LogP contribution in [0.3, 0.4) is 0 Å². The first-order valence-electron chi connectivity index (χ1n) is 18.7. The van der Waals surface area contributed by atoms with Crippen molar-refractivity contribution in [2.75, 3.05) is 32.8 Å². The lowest BCUT2D eigenvalue weighted by molar-refractivity contribution is -0.137. The van der Waals surface area contributed by atoms with E-state index in [4.69, 9.17) is 9.72 Å². The number of nitrogens with zero attached hydrogens (tertiary/aromatic N) is 3. The Morgan fingerprint density at radius 2 is 1.68 bits per heavy atom. The molecule has 1 aromatic heterocycles. The van der Waals surface area contributed by atoms with Gasteiger partial charge in [-0.2, -0.15) is 13.2 Å². The molecule has 1 saturated carbocycles. The van der Waals surface area contributed by atoms with Gasteiger partial charge in [0.1, 0.15) is 10.6 Å². The second-order valence-corrected chi connectivity index (χ2v) is 17.4. The van der Waals surface area contributed by atoms with E-state index < -0.39 is 38.3 Å². The lowest BCUT2D eigenvalue weighted by atomic mass is 9.93. The molecule has 0 spiro atoms. The number of carbonyl (C=O) groups excluding carboxylic acids is 1. The van der Waals surface area contributed by atoms with Gasteiger partial charge in [0.25, 0.3) is 5.91 Å². The number of benzene rings is 3. The Bertz CT molecular complexity index is 2090. The summed E-state index contributed by atoms with van der Waals surface area (Å²) >= 11 is 0. The number of nitrogens with one attached hydrogen (secondary N) is 1. The molecule has 3 aliphatic rings. The summed E-state index contributed by atoms with van der Waals surface area (Å²) in [6.07, 6.45) is 1.11. The molecular formula is C41H47F3N4O4S. The maximum Gasteiger partial charge on any atom is 0.416 e. The van der Waals surface area contributed by atoms with E-state index in [1.165, 1.54) is 31.0 Å². The van der Waals surface area contributed by atoms with Crippen LogP contribution in [-0.2, 0) is 28.1 Å². The van der Waals surface area contributed by atoms with E-state index >= 15 is 0 Å². The number of alkyl halides is 3. The zero-order valence-corrected chi connectivity index (χ0v) is 31.3. The Balaban J connectivity index is 1.44. The molecule has 1 aliphatic carbocycles. The monoisotopic (exact) mass is 748 g/mol.